The van der Waals surface area contributed by atoms with E-state index in [0.29, 0.717) is 23.9 Å². The number of thiazole rings is 1. The van der Waals surface area contributed by atoms with Crippen LogP contribution >= 0.6 is 11.3 Å². The molecule has 116 valence electrons. The molecule has 0 aromatic carbocycles. The van der Waals surface area contributed by atoms with Crippen molar-refractivity contribution in [1.29, 1.82) is 0 Å². The Hall–Kier alpha value is -1.73. The second-order valence-electron chi connectivity index (χ2n) is 5.89. The van der Waals surface area contributed by atoms with Crippen molar-refractivity contribution in [3.05, 3.63) is 34.1 Å². The number of aromatic nitrogens is 2. The molecule has 2 fully saturated rings. The number of carbonyl (C=O) groups is 1. The first-order valence-corrected chi connectivity index (χ1v) is 8.36. The van der Waals surface area contributed by atoms with Crippen molar-refractivity contribution in [3.63, 3.8) is 0 Å². The van der Waals surface area contributed by atoms with Gasteiger partial charge in [0.15, 0.2) is 5.69 Å². The summed E-state index contributed by atoms with van der Waals surface area (Å²) in [5.74, 6) is 1.09. The summed E-state index contributed by atoms with van der Waals surface area (Å²) >= 11 is 1.63. The molecular formula is C15H17N3O3S. The zero-order valence-corrected chi connectivity index (χ0v) is 13.1. The minimum Gasteiger partial charge on any atom is -0.366 e. The third kappa shape index (κ3) is 2.44. The molecule has 7 heteroatoms. The predicted molar refractivity (Wildman–Crippen MR) is 79.6 cm³/mol. The molecule has 0 spiro atoms. The Morgan fingerprint density at radius 1 is 1.50 bits per heavy atom. The molecule has 0 radical (unpaired) electrons. The third-order valence-corrected chi connectivity index (χ3v) is 5.28. The molecule has 3 atom stereocenters. The van der Waals surface area contributed by atoms with Gasteiger partial charge in [0.2, 0.25) is 0 Å². The van der Waals surface area contributed by atoms with Crippen LogP contribution < -0.4 is 0 Å². The van der Waals surface area contributed by atoms with E-state index < -0.39 is 0 Å². The predicted octanol–water partition coefficient (Wildman–Crippen LogP) is 2.43. The maximum absolute atomic E-state index is 12.4. The lowest BCUT2D eigenvalue weighted by atomic mass is 9.91. The molecule has 1 amide bonds. The maximum atomic E-state index is 12.4. The monoisotopic (exact) mass is 319 g/mol. The molecule has 4 heterocycles. The molecular weight excluding hydrogens is 302 g/mol. The van der Waals surface area contributed by atoms with Gasteiger partial charge < -0.3 is 14.2 Å². The van der Waals surface area contributed by atoms with Gasteiger partial charge in [-0.1, -0.05) is 5.16 Å². The fourth-order valence-electron chi connectivity index (χ4n) is 3.30. The van der Waals surface area contributed by atoms with E-state index in [4.69, 9.17) is 9.26 Å². The summed E-state index contributed by atoms with van der Waals surface area (Å²) in [6.45, 7) is 3.16. The molecule has 0 N–H and O–H groups in total. The van der Waals surface area contributed by atoms with Gasteiger partial charge in [-0.2, -0.15) is 0 Å². The van der Waals surface area contributed by atoms with Crippen LogP contribution in [0.1, 0.15) is 40.2 Å². The largest absolute Gasteiger partial charge is 0.366 e. The van der Waals surface area contributed by atoms with Crippen LogP contribution in [0.3, 0.4) is 0 Å². The summed E-state index contributed by atoms with van der Waals surface area (Å²) in [7, 11) is 0. The number of rotatable bonds is 2. The molecule has 2 aliphatic rings. The van der Waals surface area contributed by atoms with Gasteiger partial charge in [-0.05, 0) is 25.7 Å². The quantitative estimate of drug-likeness (QED) is 0.850. The van der Waals surface area contributed by atoms with E-state index in [1.807, 2.05) is 16.5 Å². The van der Waals surface area contributed by atoms with Crippen molar-refractivity contribution in [2.45, 2.75) is 32.0 Å². The topological polar surface area (TPSA) is 68.5 Å². The number of fused-ring (bicyclic) bond motifs is 1. The molecule has 0 aliphatic carbocycles. The normalized spacial score (nSPS) is 27.9. The first kappa shape index (κ1) is 13.9. The first-order chi connectivity index (χ1) is 10.7. The van der Waals surface area contributed by atoms with Crippen LogP contribution in [0.15, 0.2) is 22.2 Å². The van der Waals surface area contributed by atoms with Gasteiger partial charge in [0, 0.05) is 30.7 Å². The van der Waals surface area contributed by atoms with Crippen LogP contribution in [0.4, 0.5) is 0 Å². The van der Waals surface area contributed by atoms with E-state index in [1.54, 1.807) is 24.3 Å². The lowest BCUT2D eigenvalue weighted by Gasteiger charge is -2.33. The summed E-state index contributed by atoms with van der Waals surface area (Å²) in [5.41, 5.74) is 0.380. The van der Waals surface area contributed by atoms with Gasteiger partial charge in [-0.3, -0.25) is 4.79 Å². The number of hydrogen-bond acceptors (Lipinski definition) is 6. The fourth-order valence-corrected chi connectivity index (χ4v) is 3.98. The van der Waals surface area contributed by atoms with E-state index in [9.17, 15) is 4.79 Å². The zero-order valence-electron chi connectivity index (χ0n) is 12.3. The molecule has 6 nitrogen and oxygen atoms in total. The minimum atomic E-state index is -0.0726. The number of carbonyl (C=O) groups excluding carboxylic acids is 1. The van der Waals surface area contributed by atoms with Crippen molar-refractivity contribution in [2.24, 2.45) is 5.92 Å². The molecule has 0 saturated carbocycles. The number of amides is 1. The van der Waals surface area contributed by atoms with E-state index in [2.05, 4.69) is 10.1 Å². The van der Waals surface area contributed by atoms with Gasteiger partial charge in [0.1, 0.15) is 16.9 Å². The zero-order chi connectivity index (χ0) is 15.1. The SMILES string of the molecule is Cc1cc(C(=O)N2CC[C@@H]3C[C@H](c4nccs4)O[C@H]3C2)no1. The van der Waals surface area contributed by atoms with E-state index in [1.165, 1.54) is 0 Å². The minimum absolute atomic E-state index is 0.0726. The van der Waals surface area contributed by atoms with Crippen molar-refractivity contribution in [2.75, 3.05) is 13.1 Å². The van der Waals surface area contributed by atoms with Crippen molar-refractivity contribution in [1.82, 2.24) is 15.0 Å². The standard InChI is InChI=1S/C15H17N3O3S/c1-9-6-11(17-21-9)15(19)18-4-2-10-7-12(20-13(10)8-18)14-16-3-5-22-14/h3,5-6,10,12-13H,2,4,7-8H2,1H3/t10-,12-,13+/m1/s1. The number of piperidine rings is 1. The first-order valence-electron chi connectivity index (χ1n) is 7.48. The Labute approximate surface area is 132 Å². The van der Waals surface area contributed by atoms with Crippen LogP contribution in [0.5, 0.6) is 0 Å². The molecule has 0 bridgehead atoms. The third-order valence-electron chi connectivity index (χ3n) is 4.41. The average molecular weight is 319 g/mol. The summed E-state index contributed by atoms with van der Waals surface area (Å²) in [6.07, 6.45) is 3.96. The molecule has 22 heavy (non-hydrogen) atoms. The van der Waals surface area contributed by atoms with Crippen LogP contribution in [0.2, 0.25) is 0 Å². The van der Waals surface area contributed by atoms with Crippen molar-refractivity contribution in [3.8, 4) is 0 Å². The smallest absolute Gasteiger partial charge is 0.276 e. The van der Waals surface area contributed by atoms with E-state index >= 15 is 0 Å². The Balaban J connectivity index is 1.44. The maximum Gasteiger partial charge on any atom is 0.276 e. The Morgan fingerprint density at radius 3 is 3.14 bits per heavy atom. The molecule has 0 unspecified atom stereocenters. The second-order valence-corrected chi connectivity index (χ2v) is 6.82. The molecule has 2 aromatic heterocycles. The second kappa shape index (κ2) is 5.48. The summed E-state index contributed by atoms with van der Waals surface area (Å²) in [6, 6.07) is 1.68. The van der Waals surface area contributed by atoms with Crippen molar-refractivity contribution < 1.29 is 14.1 Å². The molecule has 4 rings (SSSR count). The van der Waals surface area contributed by atoms with E-state index in [0.717, 1.165) is 24.4 Å². The summed E-state index contributed by atoms with van der Waals surface area (Å²) in [5, 5.41) is 6.83. The number of hydrogen-bond donors (Lipinski definition) is 0. The highest BCUT2D eigenvalue weighted by atomic mass is 32.1. The highest BCUT2D eigenvalue weighted by molar-refractivity contribution is 7.09. The van der Waals surface area contributed by atoms with Crippen LogP contribution in [0, 0.1) is 12.8 Å². The number of nitrogens with zero attached hydrogens (tertiary/aromatic N) is 3. The van der Waals surface area contributed by atoms with Gasteiger partial charge in [-0.15, -0.1) is 11.3 Å². The molecule has 2 saturated heterocycles. The van der Waals surface area contributed by atoms with Gasteiger partial charge in [0.05, 0.1) is 6.10 Å². The van der Waals surface area contributed by atoms with Crippen LogP contribution in [0.25, 0.3) is 0 Å². The summed E-state index contributed by atoms with van der Waals surface area (Å²) in [4.78, 5) is 18.6. The van der Waals surface area contributed by atoms with Gasteiger partial charge >= 0.3 is 0 Å². The number of aryl methyl sites for hydroxylation is 1. The van der Waals surface area contributed by atoms with E-state index in [-0.39, 0.29) is 18.1 Å². The Bertz CT molecular complexity index is 669. The highest BCUT2D eigenvalue weighted by Crippen LogP contribution is 2.41. The summed E-state index contributed by atoms with van der Waals surface area (Å²) < 4.78 is 11.1. The Morgan fingerprint density at radius 2 is 2.41 bits per heavy atom. The van der Waals surface area contributed by atoms with Crippen LogP contribution in [-0.4, -0.2) is 40.1 Å². The number of likely N-dealkylation sites (tertiary alicyclic amines) is 1. The Kier molecular flexibility index (Phi) is 3.46. The van der Waals surface area contributed by atoms with Gasteiger partial charge in [-0.25, -0.2) is 4.98 Å². The molecule has 2 aliphatic heterocycles. The van der Waals surface area contributed by atoms with Crippen molar-refractivity contribution >= 4 is 17.2 Å². The lowest BCUT2D eigenvalue weighted by molar-refractivity contribution is -0.00474. The number of ether oxygens (including phenoxy) is 1. The lowest BCUT2D eigenvalue weighted by Crippen LogP contribution is -2.45. The average Bonchev–Trinajstić information content (AvgIpc) is 3.25. The van der Waals surface area contributed by atoms with Crippen LogP contribution in [-0.2, 0) is 4.74 Å². The highest BCUT2D eigenvalue weighted by Gasteiger charge is 2.41. The fraction of sp³-hybridized carbons (Fsp3) is 0.533. The molecule has 2 aromatic rings. The van der Waals surface area contributed by atoms with Gasteiger partial charge in [0.25, 0.3) is 5.91 Å².